The molecule has 1 unspecified atom stereocenters. The highest BCUT2D eigenvalue weighted by Gasteiger charge is 1.92. The molecule has 1 aromatic heterocycles. The first kappa shape index (κ1) is 7.76. The van der Waals surface area contributed by atoms with E-state index in [9.17, 15) is 0 Å². The fourth-order valence-corrected chi connectivity index (χ4v) is 0.591. The van der Waals surface area contributed by atoms with Crippen molar-refractivity contribution in [3.63, 3.8) is 0 Å². The van der Waals surface area contributed by atoms with E-state index in [-0.39, 0.29) is 6.04 Å². The number of aryl methyl sites for hydroxylation is 1. The molecule has 1 rings (SSSR count). The number of hydrogen-bond donors (Lipinski definition) is 1. The Kier molecular flexibility index (Phi) is 2.24. The highest BCUT2D eigenvalue weighted by Crippen LogP contribution is 1.88. The van der Waals surface area contributed by atoms with Gasteiger partial charge in [0.25, 0.3) is 0 Å². The van der Waals surface area contributed by atoms with Crippen molar-refractivity contribution < 1.29 is 0 Å². The summed E-state index contributed by atoms with van der Waals surface area (Å²) in [5.41, 5.74) is 6.22. The number of rotatable bonds is 0. The zero-order valence-corrected chi connectivity index (χ0v) is 6.57. The van der Waals surface area contributed by atoms with Crippen molar-refractivity contribution in [3.05, 3.63) is 11.9 Å². The van der Waals surface area contributed by atoms with Crippen LogP contribution in [0.3, 0.4) is 0 Å². The molecule has 2 N–H and O–H groups in total. The lowest BCUT2D eigenvalue weighted by Crippen LogP contribution is -2.11. The Morgan fingerprint density at radius 1 is 1.73 bits per heavy atom. The molecule has 0 bridgehead atoms. The minimum atomic E-state index is -0.107. The molecule has 1 atom stereocenters. The van der Waals surface area contributed by atoms with Crippen LogP contribution in [0.2, 0.25) is 0 Å². The van der Waals surface area contributed by atoms with Crippen LogP contribution < -0.4 is 5.73 Å². The van der Waals surface area contributed by atoms with Crippen molar-refractivity contribution in [2.75, 3.05) is 0 Å². The summed E-state index contributed by atoms with van der Waals surface area (Å²) in [6, 6.07) is -0.107. The summed E-state index contributed by atoms with van der Waals surface area (Å²) >= 11 is 0. The van der Waals surface area contributed by atoms with E-state index in [4.69, 9.17) is 5.73 Å². The maximum Gasteiger partial charge on any atom is 0.131 e. The molecule has 0 amide bonds. The Bertz CT molecular complexity index is 289. The average Bonchev–Trinajstić information content (AvgIpc) is 2.31. The molecular weight excluding hydrogens is 140 g/mol. The maximum atomic E-state index is 5.44. The van der Waals surface area contributed by atoms with E-state index >= 15 is 0 Å². The molecule has 1 heterocycles. The fraction of sp³-hybridized carbons (Fsp3) is 0.429. The predicted octanol–water partition coefficient (Wildman–Crippen LogP) is -0.486. The first-order valence-corrected chi connectivity index (χ1v) is 3.32. The van der Waals surface area contributed by atoms with Crippen molar-refractivity contribution in [1.82, 2.24) is 15.0 Å². The topological polar surface area (TPSA) is 56.7 Å². The summed E-state index contributed by atoms with van der Waals surface area (Å²) in [6.07, 6.45) is 1.61. The second-order valence-electron chi connectivity index (χ2n) is 2.30. The van der Waals surface area contributed by atoms with Gasteiger partial charge in [-0.1, -0.05) is 11.1 Å². The number of nitrogens with two attached hydrogens (primary N) is 1. The van der Waals surface area contributed by atoms with E-state index < -0.39 is 0 Å². The van der Waals surface area contributed by atoms with Gasteiger partial charge in [0.1, 0.15) is 5.69 Å². The minimum absolute atomic E-state index is 0.107. The molecule has 0 aliphatic rings. The third-order valence-corrected chi connectivity index (χ3v) is 1.14. The Morgan fingerprint density at radius 3 is 2.91 bits per heavy atom. The smallest absolute Gasteiger partial charge is 0.131 e. The monoisotopic (exact) mass is 150 g/mol. The van der Waals surface area contributed by atoms with Crippen molar-refractivity contribution in [2.45, 2.75) is 13.0 Å². The molecule has 1 aromatic rings. The molecule has 0 radical (unpaired) electrons. The molecule has 0 saturated heterocycles. The second-order valence-corrected chi connectivity index (χ2v) is 2.30. The first-order chi connectivity index (χ1) is 5.20. The van der Waals surface area contributed by atoms with Gasteiger partial charge < -0.3 is 5.73 Å². The highest BCUT2D eigenvalue weighted by atomic mass is 15.4. The van der Waals surface area contributed by atoms with Crippen LogP contribution in [0.15, 0.2) is 6.20 Å². The van der Waals surface area contributed by atoms with Gasteiger partial charge in [0.15, 0.2) is 0 Å². The van der Waals surface area contributed by atoms with Gasteiger partial charge in [-0.2, -0.15) is 0 Å². The lowest BCUT2D eigenvalue weighted by molar-refractivity contribution is 0.708. The summed E-state index contributed by atoms with van der Waals surface area (Å²) in [6.45, 7) is 1.83. The Balaban J connectivity index is 2.81. The Labute approximate surface area is 65.4 Å². The van der Waals surface area contributed by atoms with E-state index in [2.05, 4.69) is 22.2 Å². The molecule has 0 spiro atoms. The SMILES string of the molecule is CC(N)C#Cc1cnnn1C. The molecule has 0 saturated carbocycles. The van der Waals surface area contributed by atoms with Gasteiger partial charge in [0.2, 0.25) is 0 Å². The van der Waals surface area contributed by atoms with E-state index in [1.165, 1.54) is 0 Å². The number of aromatic nitrogens is 3. The van der Waals surface area contributed by atoms with Gasteiger partial charge in [-0.25, -0.2) is 4.68 Å². The van der Waals surface area contributed by atoms with Crippen LogP contribution in [0.5, 0.6) is 0 Å². The van der Waals surface area contributed by atoms with Crippen molar-refractivity contribution >= 4 is 0 Å². The van der Waals surface area contributed by atoms with Crippen LogP contribution in [0.4, 0.5) is 0 Å². The van der Waals surface area contributed by atoms with Gasteiger partial charge in [0.05, 0.1) is 12.2 Å². The first-order valence-electron chi connectivity index (χ1n) is 3.32. The molecule has 11 heavy (non-hydrogen) atoms. The van der Waals surface area contributed by atoms with Crippen LogP contribution in [0.1, 0.15) is 12.6 Å². The maximum absolute atomic E-state index is 5.44. The molecule has 4 nitrogen and oxygen atoms in total. The zero-order chi connectivity index (χ0) is 8.27. The molecule has 0 aliphatic heterocycles. The fourth-order valence-electron chi connectivity index (χ4n) is 0.591. The van der Waals surface area contributed by atoms with Crippen molar-refractivity contribution in [1.29, 1.82) is 0 Å². The van der Waals surface area contributed by atoms with E-state index in [0.717, 1.165) is 5.69 Å². The molecule has 0 fully saturated rings. The Hall–Kier alpha value is -1.34. The lowest BCUT2D eigenvalue weighted by atomic mass is 10.3. The van der Waals surface area contributed by atoms with Crippen LogP contribution >= 0.6 is 0 Å². The Morgan fingerprint density at radius 2 is 2.45 bits per heavy atom. The van der Waals surface area contributed by atoms with E-state index in [1.54, 1.807) is 17.9 Å². The standard InChI is InChI=1S/C7H10N4/c1-6(8)3-4-7-5-9-10-11(7)2/h5-6H,8H2,1-2H3. The minimum Gasteiger partial charge on any atom is -0.318 e. The highest BCUT2D eigenvalue weighted by molar-refractivity contribution is 5.25. The quantitative estimate of drug-likeness (QED) is 0.508. The van der Waals surface area contributed by atoms with Crippen molar-refractivity contribution in [2.24, 2.45) is 12.8 Å². The third-order valence-electron chi connectivity index (χ3n) is 1.14. The van der Waals surface area contributed by atoms with Gasteiger partial charge in [0, 0.05) is 7.05 Å². The third kappa shape index (κ3) is 2.06. The van der Waals surface area contributed by atoms with Gasteiger partial charge in [-0.05, 0) is 12.8 Å². The van der Waals surface area contributed by atoms with E-state index in [1.807, 2.05) is 6.92 Å². The second kappa shape index (κ2) is 3.17. The predicted molar refractivity (Wildman–Crippen MR) is 41.5 cm³/mol. The van der Waals surface area contributed by atoms with Gasteiger partial charge >= 0.3 is 0 Å². The summed E-state index contributed by atoms with van der Waals surface area (Å²) in [4.78, 5) is 0. The van der Waals surface area contributed by atoms with E-state index in [0.29, 0.717) is 0 Å². The summed E-state index contributed by atoms with van der Waals surface area (Å²) in [5.74, 6) is 5.67. The molecule has 4 heteroatoms. The molecular formula is C7H10N4. The van der Waals surface area contributed by atoms with Crippen LogP contribution in [-0.4, -0.2) is 21.0 Å². The van der Waals surface area contributed by atoms with Gasteiger partial charge in [-0.3, -0.25) is 0 Å². The van der Waals surface area contributed by atoms with Crippen LogP contribution in [-0.2, 0) is 7.05 Å². The van der Waals surface area contributed by atoms with Crippen LogP contribution in [0.25, 0.3) is 0 Å². The number of nitrogens with zero attached hydrogens (tertiary/aromatic N) is 3. The molecule has 58 valence electrons. The molecule has 0 aromatic carbocycles. The lowest BCUT2D eigenvalue weighted by Gasteiger charge is -1.89. The summed E-state index contributed by atoms with van der Waals surface area (Å²) in [7, 11) is 1.79. The number of hydrogen-bond acceptors (Lipinski definition) is 3. The normalized spacial score (nSPS) is 11.9. The van der Waals surface area contributed by atoms with Gasteiger partial charge in [-0.15, -0.1) is 5.10 Å². The summed E-state index contributed by atoms with van der Waals surface area (Å²) in [5, 5.41) is 7.39. The van der Waals surface area contributed by atoms with Crippen LogP contribution in [0, 0.1) is 11.8 Å². The summed E-state index contributed by atoms with van der Waals surface area (Å²) < 4.78 is 1.61. The molecule has 0 aliphatic carbocycles. The largest absolute Gasteiger partial charge is 0.318 e. The average molecular weight is 150 g/mol. The van der Waals surface area contributed by atoms with Crippen molar-refractivity contribution in [3.8, 4) is 11.8 Å². The zero-order valence-electron chi connectivity index (χ0n) is 6.57.